The Morgan fingerprint density at radius 1 is 1.12 bits per heavy atom. The molecule has 4 rings (SSSR count). The summed E-state index contributed by atoms with van der Waals surface area (Å²) < 4.78 is 7.39. The lowest BCUT2D eigenvalue weighted by molar-refractivity contribution is 0.102. The predicted octanol–water partition coefficient (Wildman–Crippen LogP) is 6.31. The molecule has 0 radical (unpaired) electrons. The molecule has 32 heavy (non-hydrogen) atoms. The molecule has 0 aliphatic rings. The van der Waals surface area contributed by atoms with Gasteiger partial charge in [0, 0.05) is 16.5 Å². The Morgan fingerprint density at radius 2 is 1.84 bits per heavy atom. The summed E-state index contributed by atoms with van der Waals surface area (Å²) in [7, 11) is 0. The van der Waals surface area contributed by atoms with Gasteiger partial charge in [-0.05, 0) is 68.8 Å². The fourth-order valence-corrected chi connectivity index (χ4v) is 4.04. The van der Waals surface area contributed by atoms with Crippen LogP contribution in [0.1, 0.15) is 35.1 Å². The van der Waals surface area contributed by atoms with Crippen LogP contribution in [0.2, 0.25) is 5.02 Å². The lowest BCUT2D eigenvalue weighted by atomic mass is 10.2. The summed E-state index contributed by atoms with van der Waals surface area (Å²) >= 11 is 7.62. The van der Waals surface area contributed by atoms with E-state index in [0.29, 0.717) is 22.3 Å². The normalized spacial score (nSPS) is 10.9. The molecular formula is C24H23ClN4O2S. The second kappa shape index (κ2) is 9.54. The third-order valence-corrected chi connectivity index (χ3v) is 6.23. The molecule has 0 aliphatic carbocycles. The third kappa shape index (κ3) is 4.69. The maximum Gasteiger partial charge on any atom is 0.257 e. The molecule has 4 aromatic rings. The van der Waals surface area contributed by atoms with Crippen molar-refractivity contribution in [3.63, 3.8) is 0 Å². The van der Waals surface area contributed by atoms with E-state index >= 15 is 0 Å². The van der Waals surface area contributed by atoms with Gasteiger partial charge in [0.05, 0.1) is 34.4 Å². The van der Waals surface area contributed by atoms with Crippen LogP contribution in [0.15, 0.2) is 53.9 Å². The number of ether oxygens (including phenoxy) is 1. The summed E-state index contributed by atoms with van der Waals surface area (Å²) in [6, 6.07) is 15.0. The van der Waals surface area contributed by atoms with Gasteiger partial charge in [-0.15, -0.1) is 11.3 Å². The van der Waals surface area contributed by atoms with Crippen LogP contribution in [-0.2, 0) is 0 Å². The summed E-state index contributed by atoms with van der Waals surface area (Å²) in [6.45, 7) is 6.55. The number of anilines is 1. The largest absolute Gasteiger partial charge is 0.494 e. The van der Waals surface area contributed by atoms with Gasteiger partial charge < -0.3 is 4.74 Å². The third-order valence-electron chi connectivity index (χ3n) is 4.92. The number of nitrogens with zero attached hydrogens (tertiary/aromatic N) is 3. The highest BCUT2D eigenvalue weighted by Gasteiger charge is 2.13. The van der Waals surface area contributed by atoms with E-state index in [0.717, 1.165) is 40.5 Å². The van der Waals surface area contributed by atoms with Crippen LogP contribution in [0.5, 0.6) is 5.75 Å². The average Bonchev–Trinajstić information content (AvgIpc) is 3.38. The van der Waals surface area contributed by atoms with E-state index in [2.05, 4.69) is 22.3 Å². The van der Waals surface area contributed by atoms with E-state index in [9.17, 15) is 4.79 Å². The van der Waals surface area contributed by atoms with Gasteiger partial charge in [-0.3, -0.25) is 10.1 Å². The first kappa shape index (κ1) is 22.0. The van der Waals surface area contributed by atoms with Crippen molar-refractivity contribution in [3.8, 4) is 22.7 Å². The topological polar surface area (TPSA) is 69.0 Å². The van der Waals surface area contributed by atoms with Crippen molar-refractivity contribution in [2.75, 3.05) is 11.9 Å². The van der Waals surface area contributed by atoms with E-state index in [4.69, 9.17) is 16.3 Å². The highest BCUT2D eigenvalue weighted by atomic mass is 35.5. The smallest absolute Gasteiger partial charge is 0.257 e. The molecule has 0 fully saturated rings. The highest BCUT2D eigenvalue weighted by Crippen LogP contribution is 2.27. The van der Waals surface area contributed by atoms with Gasteiger partial charge in [-0.2, -0.15) is 5.10 Å². The highest BCUT2D eigenvalue weighted by molar-refractivity contribution is 7.14. The number of thiazole rings is 1. The maximum absolute atomic E-state index is 12.7. The number of aryl methyl sites for hydroxylation is 1. The van der Waals surface area contributed by atoms with E-state index in [1.165, 1.54) is 11.3 Å². The Labute approximate surface area is 195 Å². The molecule has 0 saturated heterocycles. The number of benzene rings is 2. The van der Waals surface area contributed by atoms with Crippen molar-refractivity contribution in [3.05, 3.63) is 75.9 Å². The van der Waals surface area contributed by atoms with Crippen molar-refractivity contribution < 1.29 is 9.53 Å². The van der Waals surface area contributed by atoms with Gasteiger partial charge in [-0.25, -0.2) is 9.67 Å². The van der Waals surface area contributed by atoms with Crippen LogP contribution in [0.3, 0.4) is 0 Å². The zero-order valence-electron chi connectivity index (χ0n) is 18.1. The number of halogens is 1. The molecule has 6 nitrogen and oxygen atoms in total. The van der Waals surface area contributed by atoms with Gasteiger partial charge in [-0.1, -0.05) is 18.5 Å². The number of hydrogen-bond donors (Lipinski definition) is 1. The predicted molar refractivity (Wildman–Crippen MR) is 129 cm³/mol. The molecule has 2 aromatic heterocycles. The zero-order valence-corrected chi connectivity index (χ0v) is 19.6. The summed E-state index contributed by atoms with van der Waals surface area (Å²) in [5.74, 6) is 0.623. The number of nitrogens with one attached hydrogen (secondary N) is 1. The summed E-state index contributed by atoms with van der Waals surface area (Å²) in [6.07, 6.45) is 0.969. The molecule has 0 unspecified atom stereocenters. The van der Waals surface area contributed by atoms with Crippen LogP contribution in [-0.4, -0.2) is 27.3 Å². The number of aromatic nitrogens is 3. The molecule has 0 bridgehead atoms. The molecule has 1 amide bonds. The first-order valence-corrected chi connectivity index (χ1v) is 11.5. The van der Waals surface area contributed by atoms with Crippen LogP contribution in [0.4, 0.5) is 5.13 Å². The maximum atomic E-state index is 12.7. The fourth-order valence-electron chi connectivity index (χ4n) is 3.20. The molecule has 1 N–H and O–H groups in total. The minimum absolute atomic E-state index is 0.216. The lowest BCUT2D eigenvalue weighted by Crippen LogP contribution is -2.12. The molecule has 2 aromatic carbocycles. The summed E-state index contributed by atoms with van der Waals surface area (Å²) in [5.41, 5.74) is 4.80. The van der Waals surface area contributed by atoms with Crippen LogP contribution in [0.25, 0.3) is 16.9 Å². The van der Waals surface area contributed by atoms with Gasteiger partial charge in [0.25, 0.3) is 5.91 Å². The monoisotopic (exact) mass is 466 g/mol. The van der Waals surface area contributed by atoms with Gasteiger partial charge in [0.2, 0.25) is 0 Å². The second-order valence-electron chi connectivity index (χ2n) is 7.31. The molecule has 0 spiro atoms. The fraction of sp³-hybridized carbons (Fsp3) is 0.208. The van der Waals surface area contributed by atoms with E-state index in [1.54, 1.807) is 16.8 Å². The Kier molecular flexibility index (Phi) is 6.58. The van der Waals surface area contributed by atoms with Crippen LogP contribution < -0.4 is 10.1 Å². The Hall–Kier alpha value is -3.16. The number of hydrogen-bond acceptors (Lipinski definition) is 5. The van der Waals surface area contributed by atoms with Crippen molar-refractivity contribution in [2.24, 2.45) is 0 Å². The number of carbonyl (C=O) groups is 1. The SMILES string of the molecule is CCCOc1ccc(-c2csc(NC(=O)c3ccc(-n4nc(C)c(Cl)c4C)cc3)n2)cc1. The van der Waals surface area contributed by atoms with Gasteiger partial charge in [0.1, 0.15) is 5.75 Å². The molecule has 164 valence electrons. The molecule has 0 atom stereocenters. The molecule has 8 heteroatoms. The first-order valence-electron chi connectivity index (χ1n) is 10.3. The number of carbonyl (C=O) groups excluding carboxylic acids is 1. The summed E-state index contributed by atoms with van der Waals surface area (Å²) in [4.78, 5) is 17.2. The van der Waals surface area contributed by atoms with Crippen LogP contribution >= 0.6 is 22.9 Å². The first-order chi connectivity index (χ1) is 15.5. The minimum Gasteiger partial charge on any atom is -0.494 e. The Balaban J connectivity index is 1.43. The van der Waals surface area contributed by atoms with Crippen molar-refractivity contribution in [1.29, 1.82) is 0 Å². The van der Waals surface area contributed by atoms with E-state index in [1.807, 2.05) is 55.6 Å². The number of rotatable bonds is 7. The van der Waals surface area contributed by atoms with Gasteiger partial charge >= 0.3 is 0 Å². The lowest BCUT2D eigenvalue weighted by Gasteiger charge is -2.06. The van der Waals surface area contributed by atoms with Crippen molar-refractivity contribution in [1.82, 2.24) is 14.8 Å². The van der Waals surface area contributed by atoms with Crippen molar-refractivity contribution in [2.45, 2.75) is 27.2 Å². The average molecular weight is 467 g/mol. The molecule has 0 saturated carbocycles. The molecule has 0 aliphatic heterocycles. The second-order valence-corrected chi connectivity index (χ2v) is 8.54. The molecule has 2 heterocycles. The minimum atomic E-state index is -0.216. The summed E-state index contributed by atoms with van der Waals surface area (Å²) in [5, 5.41) is 10.4. The van der Waals surface area contributed by atoms with E-state index < -0.39 is 0 Å². The zero-order chi connectivity index (χ0) is 22.7. The Morgan fingerprint density at radius 3 is 2.47 bits per heavy atom. The standard InChI is InChI=1S/C24H23ClN4O2S/c1-4-13-31-20-11-7-17(8-12-20)21-14-32-24(26-21)27-23(30)18-5-9-19(10-6-18)29-16(3)22(25)15(2)28-29/h5-12,14H,4,13H2,1-3H3,(H,26,27,30). The van der Waals surface area contributed by atoms with Crippen molar-refractivity contribution >= 4 is 34.0 Å². The number of amides is 1. The van der Waals surface area contributed by atoms with Gasteiger partial charge in [0.15, 0.2) is 5.13 Å². The Bertz CT molecular complexity index is 1230. The van der Waals surface area contributed by atoms with Crippen LogP contribution in [0, 0.1) is 13.8 Å². The quantitative estimate of drug-likeness (QED) is 0.346. The van der Waals surface area contributed by atoms with E-state index in [-0.39, 0.29) is 5.91 Å². The molecular weight excluding hydrogens is 444 g/mol.